The van der Waals surface area contributed by atoms with Crippen molar-refractivity contribution in [3.8, 4) is 0 Å². The molecule has 1 aromatic carbocycles. The van der Waals surface area contributed by atoms with Gasteiger partial charge < -0.3 is 10.1 Å². The summed E-state index contributed by atoms with van der Waals surface area (Å²) in [6, 6.07) is 4.79. The molecule has 0 aliphatic carbocycles. The second kappa shape index (κ2) is 8.43. The molecule has 0 bridgehead atoms. The van der Waals surface area contributed by atoms with Crippen LogP contribution in [0.1, 0.15) is 55.0 Å². The number of aryl methyl sites for hydroxylation is 3. The van der Waals surface area contributed by atoms with Gasteiger partial charge in [0.05, 0.1) is 12.6 Å². The third kappa shape index (κ3) is 4.92. The van der Waals surface area contributed by atoms with Crippen LogP contribution in [-0.2, 0) is 4.74 Å². The summed E-state index contributed by atoms with van der Waals surface area (Å²) in [7, 11) is 2.02. The molecule has 0 saturated heterocycles. The summed E-state index contributed by atoms with van der Waals surface area (Å²) >= 11 is 0. The molecular weight excluding hydrogens is 246 g/mol. The molecule has 1 rings (SSSR count). The highest BCUT2D eigenvalue weighted by atomic mass is 16.5. The van der Waals surface area contributed by atoms with Crippen molar-refractivity contribution in [2.45, 2.75) is 53.5 Å². The number of hydrogen-bond acceptors (Lipinski definition) is 2. The maximum absolute atomic E-state index is 5.93. The van der Waals surface area contributed by atoms with Gasteiger partial charge in [0.25, 0.3) is 0 Å². The molecule has 0 saturated carbocycles. The van der Waals surface area contributed by atoms with Crippen molar-refractivity contribution in [1.29, 1.82) is 0 Å². The second-order valence-electron chi connectivity index (χ2n) is 6.08. The fraction of sp³-hybridized carbons (Fsp3) is 0.667. The van der Waals surface area contributed by atoms with Crippen LogP contribution in [-0.4, -0.2) is 20.3 Å². The minimum Gasteiger partial charge on any atom is -0.379 e. The SMILES string of the molecule is CCCC(C)COCC(NC)c1c(C)cc(C)cc1C. The second-order valence-corrected chi connectivity index (χ2v) is 6.08. The van der Waals surface area contributed by atoms with Gasteiger partial charge in [-0.2, -0.15) is 0 Å². The minimum absolute atomic E-state index is 0.282. The number of likely N-dealkylation sites (N-methyl/N-ethyl adjacent to an activating group) is 1. The van der Waals surface area contributed by atoms with Crippen molar-refractivity contribution in [3.05, 3.63) is 34.4 Å². The van der Waals surface area contributed by atoms with Gasteiger partial charge in [0.2, 0.25) is 0 Å². The molecule has 2 unspecified atom stereocenters. The molecule has 2 nitrogen and oxygen atoms in total. The van der Waals surface area contributed by atoms with Crippen LogP contribution >= 0.6 is 0 Å². The quantitative estimate of drug-likeness (QED) is 0.764. The Balaban J connectivity index is 2.67. The van der Waals surface area contributed by atoms with Crippen molar-refractivity contribution in [2.24, 2.45) is 5.92 Å². The molecule has 0 aliphatic heterocycles. The molecule has 1 aromatic rings. The monoisotopic (exact) mass is 277 g/mol. The highest BCUT2D eigenvalue weighted by Crippen LogP contribution is 2.24. The lowest BCUT2D eigenvalue weighted by Gasteiger charge is -2.22. The van der Waals surface area contributed by atoms with Gasteiger partial charge in [-0.1, -0.05) is 38.0 Å². The van der Waals surface area contributed by atoms with Gasteiger partial charge in [-0.25, -0.2) is 0 Å². The first kappa shape index (κ1) is 17.2. The Morgan fingerprint density at radius 3 is 2.20 bits per heavy atom. The molecule has 114 valence electrons. The van der Waals surface area contributed by atoms with Crippen LogP contribution in [0.5, 0.6) is 0 Å². The number of benzene rings is 1. The molecule has 0 aromatic heterocycles. The van der Waals surface area contributed by atoms with E-state index in [0.29, 0.717) is 5.92 Å². The lowest BCUT2D eigenvalue weighted by Crippen LogP contribution is -2.24. The zero-order valence-electron chi connectivity index (χ0n) is 14.0. The van der Waals surface area contributed by atoms with Gasteiger partial charge in [-0.15, -0.1) is 0 Å². The predicted molar refractivity (Wildman–Crippen MR) is 87.3 cm³/mol. The van der Waals surface area contributed by atoms with Crippen LogP contribution in [0, 0.1) is 26.7 Å². The Labute approximate surface area is 124 Å². The summed E-state index contributed by atoms with van der Waals surface area (Å²) in [5.74, 6) is 0.651. The van der Waals surface area contributed by atoms with Crippen molar-refractivity contribution in [3.63, 3.8) is 0 Å². The van der Waals surface area contributed by atoms with E-state index in [1.54, 1.807) is 0 Å². The van der Waals surface area contributed by atoms with Crippen molar-refractivity contribution in [1.82, 2.24) is 5.32 Å². The molecule has 0 heterocycles. The average Bonchev–Trinajstić information content (AvgIpc) is 2.36. The molecule has 0 radical (unpaired) electrons. The number of nitrogens with one attached hydrogen (secondary N) is 1. The molecule has 0 aliphatic rings. The van der Waals surface area contributed by atoms with Crippen molar-refractivity contribution >= 4 is 0 Å². The standard InChI is InChI=1S/C18H31NO/c1-7-8-13(2)11-20-12-17(19-6)18-15(4)9-14(3)10-16(18)5/h9-10,13,17,19H,7-8,11-12H2,1-6H3. The van der Waals surface area contributed by atoms with Crippen LogP contribution < -0.4 is 5.32 Å². The summed E-state index contributed by atoms with van der Waals surface area (Å²) in [6.07, 6.45) is 2.48. The summed E-state index contributed by atoms with van der Waals surface area (Å²) in [5.41, 5.74) is 5.43. The van der Waals surface area contributed by atoms with Gasteiger partial charge in [-0.3, -0.25) is 0 Å². The van der Waals surface area contributed by atoms with E-state index in [2.05, 4.69) is 52.1 Å². The summed E-state index contributed by atoms with van der Waals surface area (Å²) in [6.45, 7) is 12.6. The number of rotatable bonds is 8. The maximum Gasteiger partial charge on any atom is 0.0661 e. The first-order valence-corrected chi connectivity index (χ1v) is 7.82. The molecule has 20 heavy (non-hydrogen) atoms. The normalized spacial score (nSPS) is 14.3. The summed E-state index contributed by atoms with van der Waals surface area (Å²) in [4.78, 5) is 0. The molecule has 2 heteroatoms. The Morgan fingerprint density at radius 1 is 1.10 bits per heavy atom. The molecular formula is C18H31NO. The fourth-order valence-corrected chi connectivity index (χ4v) is 3.02. The van der Waals surface area contributed by atoms with Crippen LogP contribution in [0.15, 0.2) is 12.1 Å². The smallest absolute Gasteiger partial charge is 0.0661 e. The first-order chi connectivity index (χ1) is 9.49. The molecule has 0 fully saturated rings. The third-order valence-electron chi connectivity index (χ3n) is 3.90. The van der Waals surface area contributed by atoms with Crippen LogP contribution in [0.25, 0.3) is 0 Å². The van der Waals surface area contributed by atoms with E-state index in [1.165, 1.54) is 35.1 Å². The fourth-order valence-electron chi connectivity index (χ4n) is 3.02. The lowest BCUT2D eigenvalue weighted by atomic mass is 9.94. The number of ether oxygens (including phenoxy) is 1. The van der Waals surface area contributed by atoms with Crippen LogP contribution in [0.4, 0.5) is 0 Å². The van der Waals surface area contributed by atoms with E-state index in [4.69, 9.17) is 4.74 Å². The zero-order chi connectivity index (χ0) is 15.1. The van der Waals surface area contributed by atoms with Crippen molar-refractivity contribution in [2.75, 3.05) is 20.3 Å². The van der Waals surface area contributed by atoms with E-state index >= 15 is 0 Å². The van der Waals surface area contributed by atoms with Gasteiger partial charge in [-0.05, 0) is 56.8 Å². The largest absolute Gasteiger partial charge is 0.379 e. The number of hydrogen-bond donors (Lipinski definition) is 1. The average molecular weight is 277 g/mol. The van der Waals surface area contributed by atoms with E-state index in [9.17, 15) is 0 Å². The Morgan fingerprint density at radius 2 is 1.70 bits per heavy atom. The first-order valence-electron chi connectivity index (χ1n) is 7.82. The zero-order valence-corrected chi connectivity index (χ0v) is 14.0. The molecule has 2 atom stereocenters. The van der Waals surface area contributed by atoms with Gasteiger partial charge in [0.15, 0.2) is 0 Å². The van der Waals surface area contributed by atoms with Crippen molar-refractivity contribution < 1.29 is 4.74 Å². The maximum atomic E-state index is 5.93. The summed E-state index contributed by atoms with van der Waals surface area (Å²) in [5, 5.41) is 3.40. The summed E-state index contributed by atoms with van der Waals surface area (Å²) < 4.78 is 5.93. The van der Waals surface area contributed by atoms with E-state index in [0.717, 1.165) is 13.2 Å². The minimum atomic E-state index is 0.282. The topological polar surface area (TPSA) is 21.3 Å². The lowest BCUT2D eigenvalue weighted by molar-refractivity contribution is 0.0846. The third-order valence-corrected chi connectivity index (χ3v) is 3.90. The van der Waals surface area contributed by atoms with Gasteiger partial charge in [0, 0.05) is 6.61 Å². The van der Waals surface area contributed by atoms with Crippen LogP contribution in [0.3, 0.4) is 0 Å². The van der Waals surface area contributed by atoms with Gasteiger partial charge in [0.1, 0.15) is 0 Å². The van der Waals surface area contributed by atoms with E-state index in [1.807, 2.05) is 7.05 Å². The van der Waals surface area contributed by atoms with E-state index < -0.39 is 0 Å². The highest BCUT2D eigenvalue weighted by molar-refractivity contribution is 5.39. The van der Waals surface area contributed by atoms with E-state index in [-0.39, 0.29) is 6.04 Å². The Hall–Kier alpha value is -0.860. The van der Waals surface area contributed by atoms with Gasteiger partial charge >= 0.3 is 0 Å². The molecule has 0 amide bonds. The molecule has 0 spiro atoms. The van der Waals surface area contributed by atoms with Crippen LogP contribution in [0.2, 0.25) is 0 Å². The predicted octanol–water partition coefficient (Wildman–Crippen LogP) is 4.33. The Kier molecular flexibility index (Phi) is 7.25. The Bertz CT molecular complexity index is 391. The molecule has 1 N–H and O–H groups in total. The highest BCUT2D eigenvalue weighted by Gasteiger charge is 2.15.